The number of hydrogen-bond acceptors (Lipinski definition) is 5. The van der Waals surface area contributed by atoms with Gasteiger partial charge in [0.25, 0.3) is 0 Å². The van der Waals surface area contributed by atoms with Crippen molar-refractivity contribution in [2.75, 3.05) is 16.8 Å². The van der Waals surface area contributed by atoms with E-state index in [4.69, 9.17) is 0 Å². The molecule has 1 amide bonds. The molecule has 158 valence electrons. The number of hydrogen-bond donors (Lipinski definition) is 1. The summed E-state index contributed by atoms with van der Waals surface area (Å²) in [6.07, 6.45) is 1.86. The first-order valence-electron chi connectivity index (χ1n) is 10.1. The Hall–Kier alpha value is -2.80. The number of halogens is 1. The monoisotopic (exact) mass is 426 g/mol. The van der Waals surface area contributed by atoms with E-state index < -0.39 is 0 Å². The average molecular weight is 427 g/mol. The molecule has 0 aliphatic heterocycles. The summed E-state index contributed by atoms with van der Waals surface area (Å²) >= 11 is 1.34. The minimum absolute atomic E-state index is 0.0248. The zero-order chi connectivity index (χ0) is 21.5. The minimum atomic E-state index is -0.252. The van der Waals surface area contributed by atoms with Crippen LogP contribution >= 0.6 is 11.5 Å². The summed E-state index contributed by atoms with van der Waals surface area (Å²) in [4.78, 5) is 19.2. The highest BCUT2D eigenvalue weighted by atomic mass is 32.1. The number of aromatic nitrogens is 2. The van der Waals surface area contributed by atoms with Gasteiger partial charge in [0.2, 0.25) is 11.0 Å². The van der Waals surface area contributed by atoms with Crippen LogP contribution < -0.4 is 10.2 Å². The van der Waals surface area contributed by atoms with E-state index in [-0.39, 0.29) is 17.8 Å². The van der Waals surface area contributed by atoms with Crippen LogP contribution in [0.5, 0.6) is 0 Å². The molecular formula is C23H27FN4OS. The van der Waals surface area contributed by atoms with Crippen LogP contribution in [0.15, 0.2) is 48.5 Å². The molecule has 0 saturated heterocycles. The van der Waals surface area contributed by atoms with Gasteiger partial charge < -0.3 is 10.2 Å². The second-order valence-corrected chi connectivity index (χ2v) is 8.14. The van der Waals surface area contributed by atoms with Crippen molar-refractivity contribution in [2.24, 2.45) is 0 Å². The van der Waals surface area contributed by atoms with Crippen LogP contribution in [-0.4, -0.2) is 27.9 Å². The average Bonchev–Trinajstić information content (AvgIpc) is 3.19. The summed E-state index contributed by atoms with van der Waals surface area (Å²) in [6.45, 7) is 6.82. The number of rotatable bonds is 9. The molecule has 1 N–H and O–H groups in total. The van der Waals surface area contributed by atoms with Gasteiger partial charge in [-0.2, -0.15) is 4.37 Å². The van der Waals surface area contributed by atoms with E-state index in [2.05, 4.69) is 33.4 Å². The van der Waals surface area contributed by atoms with Gasteiger partial charge in [-0.1, -0.05) is 36.8 Å². The number of benzene rings is 2. The van der Waals surface area contributed by atoms with Gasteiger partial charge in [0.1, 0.15) is 11.6 Å². The quantitative estimate of drug-likeness (QED) is 0.510. The van der Waals surface area contributed by atoms with Crippen molar-refractivity contribution in [1.29, 1.82) is 0 Å². The maximum atomic E-state index is 13.1. The molecule has 0 bridgehead atoms. The second-order valence-electron chi connectivity index (χ2n) is 7.41. The fourth-order valence-electron chi connectivity index (χ4n) is 3.03. The molecule has 1 heterocycles. The van der Waals surface area contributed by atoms with Crippen molar-refractivity contribution in [3.05, 3.63) is 71.3 Å². The predicted octanol–water partition coefficient (Wildman–Crippen LogP) is 5.21. The largest absolute Gasteiger partial charge is 0.344 e. The smallest absolute Gasteiger partial charge is 0.226 e. The van der Waals surface area contributed by atoms with E-state index in [0.717, 1.165) is 28.4 Å². The molecule has 0 fully saturated rings. The number of aryl methyl sites for hydroxylation is 1. The molecule has 0 spiro atoms. The van der Waals surface area contributed by atoms with E-state index in [0.29, 0.717) is 25.2 Å². The number of nitrogens with one attached hydrogen (secondary N) is 1. The molecule has 5 nitrogen and oxygen atoms in total. The van der Waals surface area contributed by atoms with Gasteiger partial charge in [0.05, 0.1) is 0 Å². The first kappa shape index (κ1) is 21.9. The Bertz CT molecular complexity index is 956. The van der Waals surface area contributed by atoms with Crippen molar-refractivity contribution < 1.29 is 9.18 Å². The molecule has 1 atom stereocenters. The van der Waals surface area contributed by atoms with Gasteiger partial charge in [-0.3, -0.25) is 4.79 Å². The van der Waals surface area contributed by atoms with Crippen molar-refractivity contribution >= 4 is 28.3 Å². The van der Waals surface area contributed by atoms with Crippen LogP contribution in [0.1, 0.15) is 43.6 Å². The van der Waals surface area contributed by atoms with Gasteiger partial charge in [-0.15, -0.1) is 0 Å². The van der Waals surface area contributed by atoms with Crippen LogP contribution in [-0.2, 0) is 11.2 Å². The molecule has 7 heteroatoms. The van der Waals surface area contributed by atoms with E-state index in [1.165, 1.54) is 23.7 Å². The lowest BCUT2D eigenvalue weighted by Gasteiger charge is -2.27. The molecule has 0 aliphatic rings. The van der Waals surface area contributed by atoms with E-state index in [9.17, 15) is 9.18 Å². The van der Waals surface area contributed by atoms with E-state index in [1.807, 2.05) is 31.2 Å². The SMILES string of the molecule is CC[C@@H](C)N(CCC(=O)Nc1ccc(C)cc1)c1nc(Cc2ccc(F)cc2)ns1. The van der Waals surface area contributed by atoms with Crippen LogP contribution in [0.4, 0.5) is 15.2 Å². The number of nitrogens with zero attached hydrogens (tertiary/aromatic N) is 3. The van der Waals surface area contributed by atoms with Crippen molar-refractivity contribution in [3.8, 4) is 0 Å². The summed E-state index contributed by atoms with van der Waals surface area (Å²) in [7, 11) is 0. The summed E-state index contributed by atoms with van der Waals surface area (Å²) in [5.41, 5.74) is 2.93. The highest BCUT2D eigenvalue weighted by Gasteiger charge is 2.19. The molecule has 0 unspecified atom stereocenters. The summed E-state index contributed by atoms with van der Waals surface area (Å²) in [6, 6.07) is 14.4. The molecule has 30 heavy (non-hydrogen) atoms. The maximum Gasteiger partial charge on any atom is 0.226 e. The zero-order valence-electron chi connectivity index (χ0n) is 17.6. The minimum Gasteiger partial charge on any atom is -0.344 e. The van der Waals surface area contributed by atoms with Crippen LogP contribution in [0.3, 0.4) is 0 Å². The molecule has 0 aliphatic carbocycles. The van der Waals surface area contributed by atoms with Gasteiger partial charge in [0, 0.05) is 42.6 Å². The van der Waals surface area contributed by atoms with E-state index in [1.54, 1.807) is 12.1 Å². The number of carbonyl (C=O) groups is 1. The van der Waals surface area contributed by atoms with Crippen LogP contribution in [0.25, 0.3) is 0 Å². The highest BCUT2D eigenvalue weighted by Crippen LogP contribution is 2.23. The zero-order valence-corrected chi connectivity index (χ0v) is 18.4. The third-order valence-corrected chi connectivity index (χ3v) is 5.81. The number of carbonyl (C=O) groups excluding carboxylic acids is 1. The van der Waals surface area contributed by atoms with Gasteiger partial charge in [0.15, 0.2) is 0 Å². The summed E-state index contributed by atoms with van der Waals surface area (Å²) < 4.78 is 17.6. The molecule has 3 aromatic rings. The number of amides is 1. The lowest BCUT2D eigenvalue weighted by Crippen LogP contribution is -2.35. The fraction of sp³-hybridized carbons (Fsp3) is 0.348. The fourth-order valence-corrected chi connectivity index (χ4v) is 3.84. The Morgan fingerprint density at radius 3 is 2.53 bits per heavy atom. The van der Waals surface area contributed by atoms with Crippen LogP contribution in [0, 0.1) is 12.7 Å². The summed E-state index contributed by atoms with van der Waals surface area (Å²) in [5.74, 6) is 0.430. The molecule has 3 rings (SSSR count). The van der Waals surface area contributed by atoms with Gasteiger partial charge >= 0.3 is 0 Å². The molecule has 2 aromatic carbocycles. The third kappa shape index (κ3) is 6.10. The molecule has 0 radical (unpaired) electrons. The molecular weight excluding hydrogens is 399 g/mol. The Morgan fingerprint density at radius 2 is 1.87 bits per heavy atom. The standard InChI is InChI=1S/C23H27FN4OS/c1-4-17(3)28(14-13-22(29)25-20-11-5-16(2)6-12-20)23-26-21(27-30-23)15-18-7-9-19(24)10-8-18/h5-12,17H,4,13-15H2,1-3H3,(H,25,29)/t17-/m1/s1. The highest BCUT2D eigenvalue weighted by molar-refractivity contribution is 7.09. The summed E-state index contributed by atoms with van der Waals surface area (Å²) in [5, 5.41) is 3.76. The van der Waals surface area contributed by atoms with Crippen LogP contribution in [0.2, 0.25) is 0 Å². The molecule has 1 aromatic heterocycles. The van der Waals surface area contributed by atoms with Crippen molar-refractivity contribution in [2.45, 2.75) is 46.1 Å². The maximum absolute atomic E-state index is 13.1. The Labute approximate surface area is 181 Å². The Balaban J connectivity index is 1.62. The predicted molar refractivity (Wildman–Crippen MR) is 121 cm³/mol. The molecule has 0 saturated carbocycles. The Kier molecular flexibility index (Phi) is 7.52. The first-order valence-corrected chi connectivity index (χ1v) is 10.9. The normalized spacial score (nSPS) is 11.9. The Morgan fingerprint density at radius 1 is 1.17 bits per heavy atom. The van der Waals surface area contributed by atoms with E-state index >= 15 is 0 Å². The topological polar surface area (TPSA) is 58.1 Å². The lowest BCUT2D eigenvalue weighted by atomic mass is 10.1. The van der Waals surface area contributed by atoms with Crippen molar-refractivity contribution in [3.63, 3.8) is 0 Å². The lowest BCUT2D eigenvalue weighted by molar-refractivity contribution is -0.116. The van der Waals surface area contributed by atoms with Gasteiger partial charge in [-0.05, 0) is 50.1 Å². The van der Waals surface area contributed by atoms with Crippen molar-refractivity contribution in [1.82, 2.24) is 9.36 Å². The number of anilines is 2. The first-order chi connectivity index (χ1) is 14.4. The van der Waals surface area contributed by atoms with Gasteiger partial charge in [-0.25, -0.2) is 9.37 Å². The third-order valence-electron chi connectivity index (χ3n) is 5.02. The second kappa shape index (κ2) is 10.3.